The summed E-state index contributed by atoms with van der Waals surface area (Å²) in [6.45, 7) is 0. The zero-order valence-corrected chi connectivity index (χ0v) is 22.0. The highest BCUT2D eigenvalue weighted by atomic mass is 14.2. The molecule has 0 atom stereocenters. The molecule has 0 aliphatic rings. The number of hydrogen-bond acceptors (Lipinski definition) is 0. The Hall–Kier alpha value is -5.20. The van der Waals surface area contributed by atoms with Gasteiger partial charge in [0, 0.05) is 0 Å². The predicted molar refractivity (Wildman–Crippen MR) is 173 cm³/mol. The van der Waals surface area contributed by atoms with Crippen molar-refractivity contribution in [2.75, 3.05) is 0 Å². The van der Waals surface area contributed by atoms with Gasteiger partial charge in [-0.05, 0) is 88.6 Å². The summed E-state index contributed by atoms with van der Waals surface area (Å²) in [4.78, 5) is 0. The van der Waals surface area contributed by atoms with Gasteiger partial charge in [-0.2, -0.15) is 0 Å². The van der Waals surface area contributed by atoms with Crippen molar-refractivity contribution in [2.45, 2.75) is 0 Å². The van der Waals surface area contributed by atoms with Crippen LogP contribution in [0.2, 0.25) is 0 Å². The van der Waals surface area contributed by atoms with Gasteiger partial charge in [0.15, 0.2) is 0 Å². The first-order chi connectivity index (χ1) is 19.8. The lowest BCUT2D eigenvalue weighted by Crippen LogP contribution is -1.93. The minimum Gasteiger partial charge on any atom is -0.0622 e. The number of hydrogen-bond donors (Lipinski definition) is 0. The second-order valence-electron chi connectivity index (χ2n) is 10.5. The fraction of sp³-hybridized carbons (Fsp3) is 0. The Bertz CT molecular complexity index is 2200. The van der Waals surface area contributed by atoms with Crippen LogP contribution in [0, 0.1) is 0 Å². The SMILES string of the molecule is c1ccc(-c2cccc3c(-c4ccc5ccccc5c4)c4ccccc4c(-c4ccc5ccccc5c4)c23)cc1. The Balaban J connectivity index is 1.56. The predicted octanol–water partition coefficient (Wildman–Crippen LogP) is 11.3. The van der Waals surface area contributed by atoms with Crippen LogP contribution in [0.5, 0.6) is 0 Å². The van der Waals surface area contributed by atoms with Gasteiger partial charge < -0.3 is 0 Å². The average molecular weight is 507 g/mol. The van der Waals surface area contributed by atoms with E-state index in [9.17, 15) is 0 Å². The minimum atomic E-state index is 1.23. The molecule has 0 nitrogen and oxygen atoms in total. The summed E-state index contributed by atoms with van der Waals surface area (Å²) in [7, 11) is 0. The van der Waals surface area contributed by atoms with E-state index in [2.05, 4.69) is 158 Å². The molecule has 0 saturated carbocycles. The van der Waals surface area contributed by atoms with Crippen molar-refractivity contribution in [3.63, 3.8) is 0 Å². The third-order valence-corrected chi connectivity index (χ3v) is 8.21. The zero-order chi connectivity index (χ0) is 26.5. The van der Waals surface area contributed by atoms with Crippen molar-refractivity contribution < 1.29 is 0 Å². The number of fused-ring (bicyclic) bond motifs is 4. The Kier molecular flexibility index (Phi) is 5.24. The Labute approximate surface area is 233 Å². The van der Waals surface area contributed by atoms with Crippen LogP contribution in [0.1, 0.15) is 0 Å². The lowest BCUT2D eigenvalue weighted by molar-refractivity contribution is 1.64. The highest BCUT2D eigenvalue weighted by Crippen LogP contribution is 2.47. The maximum atomic E-state index is 2.36. The second kappa shape index (κ2) is 9.22. The third-order valence-electron chi connectivity index (χ3n) is 8.21. The van der Waals surface area contributed by atoms with Gasteiger partial charge in [-0.25, -0.2) is 0 Å². The van der Waals surface area contributed by atoms with Gasteiger partial charge in [0.1, 0.15) is 0 Å². The summed E-state index contributed by atoms with van der Waals surface area (Å²) in [5.74, 6) is 0. The van der Waals surface area contributed by atoms with Crippen LogP contribution < -0.4 is 0 Å². The van der Waals surface area contributed by atoms with Crippen LogP contribution >= 0.6 is 0 Å². The van der Waals surface area contributed by atoms with E-state index in [4.69, 9.17) is 0 Å². The van der Waals surface area contributed by atoms with Gasteiger partial charge in [-0.15, -0.1) is 0 Å². The van der Waals surface area contributed by atoms with Crippen LogP contribution in [0.15, 0.2) is 158 Å². The zero-order valence-electron chi connectivity index (χ0n) is 22.0. The van der Waals surface area contributed by atoms with Crippen LogP contribution in [-0.4, -0.2) is 0 Å². The lowest BCUT2D eigenvalue weighted by Gasteiger charge is -2.21. The largest absolute Gasteiger partial charge is 0.0622 e. The first-order valence-electron chi connectivity index (χ1n) is 13.9. The molecule has 0 heterocycles. The van der Waals surface area contributed by atoms with Crippen LogP contribution in [0.4, 0.5) is 0 Å². The summed E-state index contributed by atoms with van der Waals surface area (Å²) in [6, 6.07) is 57.6. The maximum absolute atomic E-state index is 2.36. The number of rotatable bonds is 3. The van der Waals surface area contributed by atoms with E-state index in [0.717, 1.165) is 0 Å². The fourth-order valence-electron chi connectivity index (χ4n) is 6.39. The van der Waals surface area contributed by atoms with Gasteiger partial charge in [0.05, 0.1) is 0 Å². The molecule has 0 fully saturated rings. The van der Waals surface area contributed by atoms with E-state index in [1.54, 1.807) is 0 Å². The highest BCUT2D eigenvalue weighted by Gasteiger charge is 2.20. The van der Waals surface area contributed by atoms with Crippen LogP contribution in [0.25, 0.3) is 76.5 Å². The van der Waals surface area contributed by atoms with Gasteiger partial charge >= 0.3 is 0 Å². The highest BCUT2D eigenvalue weighted by molar-refractivity contribution is 6.25. The molecular formula is C40H26. The molecule has 0 bridgehead atoms. The smallest absolute Gasteiger partial charge is 0.00141 e. The van der Waals surface area contributed by atoms with Crippen molar-refractivity contribution in [1.29, 1.82) is 0 Å². The molecular weight excluding hydrogens is 480 g/mol. The van der Waals surface area contributed by atoms with Crippen molar-refractivity contribution in [1.82, 2.24) is 0 Å². The molecule has 0 aromatic heterocycles. The second-order valence-corrected chi connectivity index (χ2v) is 10.5. The lowest BCUT2D eigenvalue weighted by atomic mass is 9.82. The quantitative estimate of drug-likeness (QED) is 0.209. The molecule has 40 heavy (non-hydrogen) atoms. The summed E-state index contributed by atoms with van der Waals surface area (Å²) < 4.78 is 0. The molecule has 8 aromatic carbocycles. The maximum Gasteiger partial charge on any atom is -0.00141 e. The molecule has 186 valence electrons. The van der Waals surface area contributed by atoms with E-state index in [1.165, 1.54) is 76.5 Å². The molecule has 0 radical (unpaired) electrons. The van der Waals surface area contributed by atoms with Crippen molar-refractivity contribution in [3.05, 3.63) is 158 Å². The molecule has 8 aromatic rings. The first-order valence-corrected chi connectivity index (χ1v) is 13.9. The summed E-state index contributed by atoms with van der Waals surface area (Å²) in [6.07, 6.45) is 0. The van der Waals surface area contributed by atoms with Crippen molar-refractivity contribution in [3.8, 4) is 33.4 Å². The molecule has 0 aliphatic carbocycles. The Morgan fingerprint density at radius 1 is 0.275 bits per heavy atom. The summed E-state index contributed by atoms with van der Waals surface area (Å²) in [5.41, 5.74) is 7.56. The molecule has 0 unspecified atom stereocenters. The first kappa shape index (κ1) is 22.8. The average Bonchev–Trinajstić information content (AvgIpc) is 3.03. The molecule has 0 aliphatic heterocycles. The van der Waals surface area contributed by atoms with Gasteiger partial charge in [0.25, 0.3) is 0 Å². The van der Waals surface area contributed by atoms with Crippen LogP contribution in [0.3, 0.4) is 0 Å². The van der Waals surface area contributed by atoms with Crippen molar-refractivity contribution in [2.24, 2.45) is 0 Å². The molecule has 8 rings (SSSR count). The van der Waals surface area contributed by atoms with Gasteiger partial charge in [-0.3, -0.25) is 0 Å². The minimum absolute atomic E-state index is 1.23. The third kappa shape index (κ3) is 3.61. The van der Waals surface area contributed by atoms with E-state index < -0.39 is 0 Å². The van der Waals surface area contributed by atoms with E-state index in [1.807, 2.05) is 0 Å². The molecule has 0 saturated heterocycles. The molecule has 0 amide bonds. The monoisotopic (exact) mass is 506 g/mol. The van der Waals surface area contributed by atoms with Gasteiger partial charge in [-0.1, -0.05) is 146 Å². The van der Waals surface area contributed by atoms with E-state index in [-0.39, 0.29) is 0 Å². The van der Waals surface area contributed by atoms with E-state index >= 15 is 0 Å². The summed E-state index contributed by atoms with van der Waals surface area (Å²) in [5, 5.41) is 10.2. The number of benzene rings is 8. The van der Waals surface area contributed by atoms with Gasteiger partial charge in [0.2, 0.25) is 0 Å². The fourth-order valence-corrected chi connectivity index (χ4v) is 6.39. The Morgan fingerprint density at radius 2 is 0.775 bits per heavy atom. The molecule has 0 spiro atoms. The normalized spacial score (nSPS) is 11.5. The topological polar surface area (TPSA) is 0 Å². The van der Waals surface area contributed by atoms with Crippen molar-refractivity contribution >= 4 is 43.1 Å². The molecule has 0 heteroatoms. The van der Waals surface area contributed by atoms with Crippen LogP contribution in [-0.2, 0) is 0 Å². The Morgan fingerprint density at radius 3 is 1.43 bits per heavy atom. The molecule has 0 N–H and O–H groups in total. The summed E-state index contributed by atoms with van der Waals surface area (Å²) >= 11 is 0. The van der Waals surface area contributed by atoms with E-state index in [0.29, 0.717) is 0 Å². The standard InChI is InChI=1S/C40H26/c1-2-13-29(14-3-1)34-19-10-20-37-38(32-23-21-27-11-4-6-15-30(27)25-32)35-17-8-9-18-36(35)39(40(34)37)33-24-22-28-12-5-7-16-31(28)26-33/h1-26H.